The van der Waals surface area contributed by atoms with Crippen molar-refractivity contribution in [2.24, 2.45) is 0 Å². The van der Waals surface area contributed by atoms with E-state index >= 15 is 0 Å². The normalized spacial score (nSPS) is 12.0. The van der Waals surface area contributed by atoms with Gasteiger partial charge in [-0.25, -0.2) is 0 Å². The smallest absolute Gasteiger partial charge is 0.236 e. The highest BCUT2D eigenvalue weighted by atomic mass is 32.2. The van der Waals surface area contributed by atoms with Crippen LogP contribution in [0.25, 0.3) is 11.4 Å². The van der Waals surface area contributed by atoms with Crippen molar-refractivity contribution in [1.82, 2.24) is 19.7 Å². The minimum Gasteiger partial charge on any atom is -0.467 e. The van der Waals surface area contributed by atoms with Gasteiger partial charge in [-0.05, 0) is 45.4 Å². The van der Waals surface area contributed by atoms with E-state index in [9.17, 15) is 4.79 Å². The van der Waals surface area contributed by atoms with E-state index in [1.165, 1.54) is 11.8 Å². The van der Waals surface area contributed by atoms with E-state index in [4.69, 9.17) is 4.42 Å². The first-order valence-corrected chi connectivity index (χ1v) is 10.9. The fraction of sp³-hybridized carbons (Fsp3) is 0.348. The molecule has 0 bridgehead atoms. The molecule has 0 aliphatic carbocycles. The molecule has 1 amide bonds. The van der Waals surface area contributed by atoms with Gasteiger partial charge in [-0.15, -0.1) is 10.2 Å². The van der Waals surface area contributed by atoms with Gasteiger partial charge in [0.25, 0.3) is 0 Å². The van der Waals surface area contributed by atoms with E-state index < -0.39 is 0 Å². The molecule has 0 aliphatic rings. The minimum absolute atomic E-state index is 0.0653. The zero-order chi connectivity index (χ0) is 21.7. The molecule has 0 saturated heterocycles. The van der Waals surface area contributed by atoms with E-state index in [0.717, 1.165) is 28.3 Å². The molecule has 2 aromatic heterocycles. The van der Waals surface area contributed by atoms with Gasteiger partial charge >= 0.3 is 0 Å². The quantitative estimate of drug-likeness (QED) is 0.365. The lowest BCUT2D eigenvalue weighted by atomic mass is 10.1. The third kappa shape index (κ3) is 5.02. The van der Waals surface area contributed by atoms with Crippen molar-refractivity contribution in [2.75, 3.05) is 13.1 Å². The van der Waals surface area contributed by atoms with Gasteiger partial charge in [0.1, 0.15) is 5.76 Å². The predicted octanol–water partition coefficient (Wildman–Crippen LogP) is 4.80. The van der Waals surface area contributed by atoms with Gasteiger partial charge in [0.15, 0.2) is 11.0 Å². The van der Waals surface area contributed by atoms with Crippen LogP contribution in [0, 0.1) is 6.92 Å². The van der Waals surface area contributed by atoms with E-state index in [1.54, 1.807) is 6.26 Å². The van der Waals surface area contributed by atoms with Crippen LogP contribution in [0.4, 0.5) is 0 Å². The number of hydrogen-bond donors (Lipinski definition) is 0. The number of rotatable bonds is 9. The Morgan fingerprint density at radius 3 is 2.67 bits per heavy atom. The second kappa shape index (κ2) is 9.80. The topological polar surface area (TPSA) is 64.2 Å². The Balaban J connectivity index is 1.91. The molecule has 30 heavy (non-hydrogen) atoms. The summed E-state index contributed by atoms with van der Waals surface area (Å²) in [6, 6.07) is 11.9. The number of amides is 1. The Kier molecular flexibility index (Phi) is 7.15. The highest BCUT2D eigenvalue weighted by Crippen LogP contribution is 2.30. The maximum absolute atomic E-state index is 13.0. The molecule has 158 valence electrons. The van der Waals surface area contributed by atoms with Crippen LogP contribution in [0.2, 0.25) is 0 Å². The number of benzene rings is 1. The second-order valence-electron chi connectivity index (χ2n) is 7.36. The molecule has 0 N–H and O–H groups in total. The lowest BCUT2D eigenvalue weighted by molar-refractivity contribution is -0.129. The molecule has 3 rings (SSSR count). The number of furan rings is 1. The molecule has 0 radical (unpaired) electrons. The van der Waals surface area contributed by atoms with Crippen LogP contribution < -0.4 is 0 Å². The van der Waals surface area contributed by atoms with Crippen molar-refractivity contribution in [3.8, 4) is 11.4 Å². The number of thioether (sulfide) groups is 1. The van der Waals surface area contributed by atoms with Gasteiger partial charge in [-0.3, -0.25) is 9.36 Å². The molecular formula is C23H28N4O2S. The summed E-state index contributed by atoms with van der Waals surface area (Å²) < 4.78 is 7.58. The van der Waals surface area contributed by atoms with Crippen LogP contribution in [0.5, 0.6) is 0 Å². The molecule has 2 heterocycles. The third-order valence-corrected chi connectivity index (χ3v) is 5.85. The van der Waals surface area contributed by atoms with E-state index in [1.807, 2.05) is 60.6 Å². The SMILES string of the molecule is C=C(C)CN(CC)C(=O)C(C)Sc1nnc(-c2ccccc2C)n1Cc1ccco1. The molecular weight excluding hydrogens is 396 g/mol. The van der Waals surface area contributed by atoms with Gasteiger partial charge in [0.05, 0.1) is 18.1 Å². The van der Waals surface area contributed by atoms with Crippen LogP contribution in [-0.4, -0.2) is 43.9 Å². The lowest BCUT2D eigenvalue weighted by Crippen LogP contribution is -2.37. The first-order valence-electron chi connectivity index (χ1n) is 10.0. The van der Waals surface area contributed by atoms with Crippen LogP contribution in [0.1, 0.15) is 32.1 Å². The first-order chi connectivity index (χ1) is 14.4. The zero-order valence-electron chi connectivity index (χ0n) is 18.0. The number of hydrogen-bond acceptors (Lipinski definition) is 5. The molecule has 0 saturated carbocycles. The van der Waals surface area contributed by atoms with Crippen molar-refractivity contribution in [2.45, 2.75) is 44.6 Å². The maximum atomic E-state index is 13.0. The molecule has 1 unspecified atom stereocenters. The fourth-order valence-corrected chi connectivity index (χ4v) is 4.17. The molecule has 1 aromatic carbocycles. The fourth-order valence-electron chi connectivity index (χ4n) is 3.24. The van der Waals surface area contributed by atoms with Gasteiger partial charge < -0.3 is 9.32 Å². The Labute approximate surface area is 182 Å². The van der Waals surface area contributed by atoms with Crippen molar-refractivity contribution in [3.05, 3.63) is 66.1 Å². The third-order valence-electron chi connectivity index (χ3n) is 4.78. The zero-order valence-corrected chi connectivity index (χ0v) is 18.8. The van der Waals surface area contributed by atoms with Crippen LogP contribution >= 0.6 is 11.8 Å². The summed E-state index contributed by atoms with van der Waals surface area (Å²) in [5, 5.41) is 9.29. The Bertz CT molecular complexity index is 1010. The summed E-state index contributed by atoms with van der Waals surface area (Å²) in [7, 11) is 0. The molecule has 6 nitrogen and oxygen atoms in total. The standard InChI is InChI=1S/C23H28N4O2S/c1-6-26(14-16(2)3)22(28)18(5)30-23-25-24-21(20-12-8-7-10-17(20)4)27(23)15-19-11-9-13-29-19/h7-13,18H,2,6,14-15H2,1,3-5H3. The van der Waals surface area contributed by atoms with Crippen molar-refractivity contribution in [3.63, 3.8) is 0 Å². The van der Waals surface area contributed by atoms with Gasteiger partial charge in [-0.1, -0.05) is 48.2 Å². The van der Waals surface area contributed by atoms with Gasteiger partial charge in [-0.2, -0.15) is 0 Å². The first kappa shape index (κ1) is 21.9. The van der Waals surface area contributed by atoms with E-state index in [-0.39, 0.29) is 11.2 Å². The number of aromatic nitrogens is 3. The average Bonchev–Trinajstić information content (AvgIpc) is 3.37. The largest absolute Gasteiger partial charge is 0.467 e. The molecule has 0 aliphatic heterocycles. The highest BCUT2D eigenvalue weighted by Gasteiger charge is 2.25. The molecule has 7 heteroatoms. The van der Waals surface area contributed by atoms with E-state index in [2.05, 4.69) is 29.8 Å². The Morgan fingerprint density at radius 2 is 2.03 bits per heavy atom. The average molecular weight is 425 g/mol. The van der Waals surface area contributed by atoms with Crippen LogP contribution in [-0.2, 0) is 11.3 Å². The van der Waals surface area contributed by atoms with Gasteiger partial charge in [0.2, 0.25) is 5.91 Å². The summed E-state index contributed by atoms with van der Waals surface area (Å²) >= 11 is 1.42. The number of likely N-dealkylation sites (N-methyl/N-ethyl adjacent to an activating group) is 1. The second-order valence-corrected chi connectivity index (χ2v) is 8.66. The lowest BCUT2D eigenvalue weighted by Gasteiger charge is -2.24. The number of carbonyl (C=O) groups is 1. The molecule has 0 spiro atoms. The van der Waals surface area contributed by atoms with Crippen molar-refractivity contribution < 1.29 is 9.21 Å². The summed E-state index contributed by atoms with van der Waals surface area (Å²) in [6.45, 7) is 13.5. The number of carbonyl (C=O) groups excluding carboxylic acids is 1. The highest BCUT2D eigenvalue weighted by molar-refractivity contribution is 8.00. The van der Waals surface area contributed by atoms with Crippen LogP contribution in [0.3, 0.4) is 0 Å². The predicted molar refractivity (Wildman–Crippen MR) is 120 cm³/mol. The monoisotopic (exact) mass is 424 g/mol. The number of nitrogens with zero attached hydrogens (tertiary/aromatic N) is 4. The molecule has 1 atom stereocenters. The van der Waals surface area contributed by atoms with Gasteiger partial charge in [0, 0.05) is 18.7 Å². The van der Waals surface area contributed by atoms with Crippen molar-refractivity contribution >= 4 is 17.7 Å². The summed E-state index contributed by atoms with van der Waals surface area (Å²) in [6.07, 6.45) is 1.66. The van der Waals surface area contributed by atoms with E-state index in [0.29, 0.717) is 24.8 Å². The summed E-state index contributed by atoms with van der Waals surface area (Å²) in [5.74, 6) is 1.64. The molecule has 0 fully saturated rings. The minimum atomic E-state index is -0.298. The molecule has 3 aromatic rings. The summed E-state index contributed by atoms with van der Waals surface area (Å²) in [4.78, 5) is 14.8. The van der Waals surface area contributed by atoms with Crippen LogP contribution in [0.15, 0.2) is 64.4 Å². The summed E-state index contributed by atoms with van der Waals surface area (Å²) in [5.41, 5.74) is 3.09. The Morgan fingerprint density at radius 1 is 1.27 bits per heavy atom. The Hall–Kier alpha value is -2.80. The maximum Gasteiger partial charge on any atom is 0.236 e. The number of aryl methyl sites for hydroxylation is 1. The van der Waals surface area contributed by atoms with Crippen molar-refractivity contribution in [1.29, 1.82) is 0 Å².